The summed E-state index contributed by atoms with van der Waals surface area (Å²) in [4.78, 5) is 13.6. The first kappa shape index (κ1) is 13.8. The number of azide groups is 1. The molecule has 17 heavy (non-hydrogen) atoms. The average Bonchev–Trinajstić information content (AvgIpc) is 2.28. The summed E-state index contributed by atoms with van der Waals surface area (Å²) in [5.41, 5.74) is 8.49. The summed E-state index contributed by atoms with van der Waals surface area (Å²) in [6, 6.07) is 0. The summed E-state index contributed by atoms with van der Waals surface area (Å²) >= 11 is 0. The van der Waals surface area contributed by atoms with E-state index in [2.05, 4.69) is 23.9 Å². The number of carbonyl (C=O) groups is 1. The van der Waals surface area contributed by atoms with Crippen molar-refractivity contribution < 1.29 is 14.3 Å². The molecule has 0 saturated carbocycles. The molecule has 0 aromatic rings. The Labute approximate surface area is 101 Å². The maximum absolute atomic E-state index is 10.8. The standard InChI is InChI=1S/C11H19N3O3/c1-6-7(2)10(5-16-9(4)15)17-11(8(6)3)13-14-12/h6-8,10-11H,5H2,1-4H3/t6-,7+,8?,10?,11+/m0/s1. The van der Waals surface area contributed by atoms with Gasteiger partial charge in [-0.15, -0.1) is 0 Å². The Hall–Kier alpha value is -1.26. The average molecular weight is 241 g/mol. The van der Waals surface area contributed by atoms with Crippen molar-refractivity contribution >= 4 is 5.97 Å². The topological polar surface area (TPSA) is 84.3 Å². The number of nitrogens with zero attached hydrogens (tertiary/aromatic N) is 3. The van der Waals surface area contributed by atoms with Crippen LogP contribution in [0.3, 0.4) is 0 Å². The number of hydrogen-bond acceptors (Lipinski definition) is 4. The van der Waals surface area contributed by atoms with Crippen molar-refractivity contribution in [3.05, 3.63) is 10.4 Å². The molecule has 96 valence electrons. The molecule has 1 aliphatic heterocycles. The Kier molecular flexibility index (Phi) is 4.78. The number of esters is 1. The van der Waals surface area contributed by atoms with Crippen LogP contribution >= 0.6 is 0 Å². The van der Waals surface area contributed by atoms with E-state index in [0.717, 1.165) is 0 Å². The minimum absolute atomic E-state index is 0.162. The fourth-order valence-corrected chi connectivity index (χ4v) is 2.08. The van der Waals surface area contributed by atoms with Gasteiger partial charge in [0.25, 0.3) is 0 Å². The third-order valence-electron chi connectivity index (χ3n) is 3.63. The molecule has 0 radical (unpaired) electrons. The number of carbonyl (C=O) groups excluding carboxylic acids is 1. The molecule has 2 unspecified atom stereocenters. The van der Waals surface area contributed by atoms with E-state index in [-0.39, 0.29) is 30.5 Å². The van der Waals surface area contributed by atoms with Crippen LogP contribution in [0, 0.1) is 17.8 Å². The van der Waals surface area contributed by atoms with Gasteiger partial charge in [-0.25, -0.2) is 0 Å². The van der Waals surface area contributed by atoms with E-state index in [1.807, 2.05) is 6.92 Å². The zero-order chi connectivity index (χ0) is 13.0. The van der Waals surface area contributed by atoms with E-state index < -0.39 is 6.23 Å². The lowest BCUT2D eigenvalue weighted by Crippen LogP contribution is -2.45. The SMILES string of the molecule is CC(=O)OCC1O[C@@H](N=[N+]=[N-])C(C)[C@@H](C)[C@H]1C. The van der Waals surface area contributed by atoms with Gasteiger partial charge in [0.15, 0.2) is 0 Å². The maximum atomic E-state index is 10.8. The Morgan fingerprint density at radius 2 is 2.00 bits per heavy atom. The van der Waals surface area contributed by atoms with Gasteiger partial charge in [-0.2, -0.15) is 0 Å². The smallest absolute Gasteiger partial charge is 0.302 e. The van der Waals surface area contributed by atoms with Gasteiger partial charge in [0.1, 0.15) is 12.8 Å². The fraction of sp³-hybridized carbons (Fsp3) is 0.909. The quantitative estimate of drug-likeness (QED) is 0.329. The molecule has 0 aromatic carbocycles. The number of hydrogen-bond donors (Lipinski definition) is 0. The van der Waals surface area contributed by atoms with E-state index >= 15 is 0 Å². The van der Waals surface area contributed by atoms with Gasteiger partial charge in [0, 0.05) is 11.8 Å². The predicted octanol–water partition coefficient (Wildman–Crippen LogP) is 2.49. The van der Waals surface area contributed by atoms with E-state index in [4.69, 9.17) is 15.0 Å². The first-order valence-electron chi connectivity index (χ1n) is 5.80. The van der Waals surface area contributed by atoms with Crippen molar-refractivity contribution in [1.82, 2.24) is 0 Å². The summed E-state index contributed by atoms with van der Waals surface area (Å²) in [5.74, 6) is 0.441. The monoisotopic (exact) mass is 241 g/mol. The largest absolute Gasteiger partial charge is 0.463 e. The van der Waals surface area contributed by atoms with E-state index in [0.29, 0.717) is 5.92 Å². The highest BCUT2D eigenvalue weighted by atomic mass is 16.6. The lowest BCUT2D eigenvalue weighted by atomic mass is 9.78. The normalized spacial score (nSPS) is 37.1. The van der Waals surface area contributed by atoms with Crippen molar-refractivity contribution in [3.8, 4) is 0 Å². The number of ether oxygens (including phenoxy) is 2. The zero-order valence-corrected chi connectivity index (χ0v) is 10.7. The summed E-state index contributed by atoms with van der Waals surface area (Å²) < 4.78 is 10.6. The molecular formula is C11H19N3O3. The summed E-state index contributed by atoms with van der Waals surface area (Å²) in [6.45, 7) is 7.73. The highest BCUT2D eigenvalue weighted by molar-refractivity contribution is 5.65. The summed E-state index contributed by atoms with van der Waals surface area (Å²) in [5, 5.41) is 3.64. The van der Waals surface area contributed by atoms with Crippen LogP contribution in [0.25, 0.3) is 10.4 Å². The molecule has 6 heteroatoms. The van der Waals surface area contributed by atoms with Gasteiger partial charge in [0.05, 0.1) is 6.10 Å². The van der Waals surface area contributed by atoms with Crippen LogP contribution in [-0.2, 0) is 14.3 Å². The molecule has 5 atom stereocenters. The lowest BCUT2D eigenvalue weighted by Gasteiger charge is -2.41. The minimum atomic E-state index is -0.480. The molecule has 0 aliphatic carbocycles. The molecular weight excluding hydrogens is 222 g/mol. The summed E-state index contributed by atoms with van der Waals surface area (Å²) in [6.07, 6.45) is -0.688. The fourth-order valence-electron chi connectivity index (χ4n) is 2.08. The highest BCUT2D eigenvalue weighted by Crippen LogP contribution is 2.35. The van der Waals surface area contributed by atoms with Crippen molar-refractivity contribution in [2.24, 2.45) is 22.9 Å². The molecule has 0 amide bonds. The first-order chi connectivity index (χ1) is 7.97. The molecule has 1 heterocycles. The second-order valence-electron chi connectivity index (χ2n) is 4.65. The third-order valence-corrected chi connectivity index (χ3v) is 3.63. The molecule has 1 aliphatic rings. The summed E-state index contributed by atoms with van der Waals surface area (Å²) in [7, 11) is 0. The molecule has 0 aromatic heterocycles. The molecule has 0 spiro atoms. The second-order valence-corrected chi connectivity index (χ2v) is 4.65. The molecule has 1 fully saturated rings. The second kappa shape index (κ2) is 5.89. The highest BCUT2D eigenvalue weighted by Gasteiger charge is 2.38. The molecule has 6 nitrogen and oxygen atoms in total. The Balaban J connectivity index is 2.70. The van der Waals surface area contributed by atoms with Gasteiger partial charge in [0.2, 0.25) is 0 Å². The van der Waals surface area contributed by atoms with Crippen molar-refractivity contribution in [2.75, 3.05) is 6.61 Å². The first-order valence-corrected chi connectivity index (χ1v) is 5.80. The van der Waals surface area contributed by atoms with Crippen molar-refractivity contribution in [3.63, 3.8) is 0 Å². The maximum Gasteiger partial charge on any atom is 0.302 e. The van der Waals surface area contributed by atoms with Gasteiger partial charge in [-0.05, 0) is 23.3 Å². The van der Waals surface area contributed by atoms with Gasteiger partial charge < -0.3 is 9.47 Å². The Morgan fingerprint density at radius 3 is 2.53 bits per heavy atom. The van der Waals surface area contributed by atoms with Crippen molar-refractivity contribution in [1.29, 1.82) is 0 Å². The molecule has 0 bridgehead atoms. The van der Waals surface area contributed by atoms with Crippen LogP contribution in [-0.4, -0.2) is 24.9 Å². The van der Waals surface area contributed by atoms with Gasteiger partial charge >= 0.3 is 5.97 Å². The Morgan fingerprint density at radius 1 is 1.35 bits per heavy atom. The van der Waals surface area contributed by atoms with Gasteiger partial charge in [-0.3, -0.25) is 4.79 Å². The van der Waals surface area contributed by atoms with Crippen LogP contribution in [0.1, 0.15) is 27.7 Å². The predicted molar refractivity (Wildman–Crippen MR) is 61.9 cm³/mol. The molecule has 1 rings (SSSR count). The van der Waals surface area contributed by atoms with Crippen LogP contribution in [0.4, 0.5) is 0 Å². The van der Waals surface area contributed by atoms with Crippen molar-refractivity contribution in [2.45, 2.75) is 40.0 Å². The molecule has 1 saturated heterocycles. The van der Waals surface area contributed by atoms with E-state index in [1.54, 1.807) is 0 Å². The van der Waals surface area contributed by atoms with E-state index in [9.17, 15) is 4.79 Å². The van der Waals surface area contributed by atoms with Crippen LogP contribution in [0.5, 0.6) is 0 Å². The van der Waals surface area contributed by atoms with Crippen LogP contribution in [0.2, 0.25) is 0 Å². The Bertz CT molecular complexity index is 328. The van der Waals surface area contributed by atoms with Crippen LogP contribution < -0.4 is 0 Å². The number of rotatable bonds is 3. The molecule has 0 N–H and O–H groups in total. The van der Waals surface area contributed by atoms with Gasteiger partial charge in [-0.1, -0.05) is 25.9 Å². The minimum Gasteiger partial charge on any atom is -0.463 e. The van der Waals surface area contributed by atoms with Crippen LogP contribution in [0.15, 0.2) is 5.11 Å². The van der Waals surface area contributed by atoms with E-state index in [1.165, 1.54) is 6.92 Å². The third kappa shape index (κ3) is 3.35. The lowest BCUT2D eigenvalue weighted by molar-refractivity contribution is -0.167. The zero-order valence-electron chi connectivity index (χ0n) is 10.7.